The highest BCUT2D eigenvalue weighted by molar-refractivity contribution is 5.95. The monoisotopic (exact) mass is 304 g/mol. The summed E-state index contributed by atoms with van der Waals surface area (Å²) in [6, 6.07) is 4.48. The molecule has 22 heavy (non-hydrogen) atoms. The van der Waals surface area contributed by atoms with Gasteiger partial charge in [0, 0.05) is 18.3 Å². The topological polar surface area (TPSA) is 105 Å². The molecule has 0 atom stereocenters. The number of hydrogen-bond acceptors (Lipinski definition) is 5. The van der Waals surface area contributed by atoms with E-state index in [9.17, 15) is 9.59 Å². The molecule has 2 aromatic rings. The molecule has 8 nitrogen and oxygen atoms in total. The minimum atomic E-state index is -0.555. The third-order valence-corrected chi connectivity index (χ3v) is 2.88. The summed E-state index contributed by atoms with van der Waals surface area (Å²) in [6.07, 6.45) is 2.99. The standard InChI is InChI=1S/C14H16N4O4/c1-9-11(5-7-22-9)12(19)17-18-14(20)16-8-10-4-3-6-15-13(10)21-2/h3-7H,8H2,1-2H3,(H,17,19)(H2,16,18,20). The van der Waals surface area contributed by atoms with Gasteiger partial charge in [-0.15, -0.1) is 0 Å². The summed E-state index contributed by atoms with van der Waals surface area (Å²) < 4.78 is 10.1. The Hall–Kier alpha value is -3.03. The number of hydrogen-bond donors (Lipinski definition) is 3. The number of amides is 3. The maximum absolute atomic E-state index is 11.8. The second kappa shape index (κ2) is 7.11. The highest BCUT2D eigenvalue weighted by Crippen LogP contribution is 2.12. The van der Waals surface area contributed by atoms with E-state index in [1.807, 2.05) is 0 Å². The minimum absolute atomic E-state index is 0.212. The van der Waals surface area contributed by atoms with Gasteiger partial charge in [0.2, 0.25) is 5.88 Å². The second-order valence-corrected chi connectivity index (χ2v) is 4.32. The zero-order valence-corrected chi connectivity index (χ0v) is 12.2. The predicted octanol–water partition coefficient (Wildman–Crippen LogP) is 1.14. The first-order valence-electron chi connectivity index (χ1n) is 6.48. The van der Waals surface area contributed by atoms with Crippen LogP contribution in [0.5, 0.6) is 5.88 Å². The number of aromatic nitrogens is 1. The van der Waals surface area contributed by atoms with Crippen molar-refractivity contribution in [1.82, 2.24) is 21.2 Å². The summed E-state index contributed by atoms with van der Waals surface area (Å²) in [4.78, 5) is 27.4. The quantitative estimate of drug-likeness (QED) is 0.734. The van der Waals surface area contributed by atoms with Crippen molar-refractivity contribution in [2.45, 2.75) is 13.5 Å². The van der Waals surface area contributed by atoms with Gasteiger partial charge in [-0.3, -0.25) is 10.2 Å². The van der Waals surface area contributed by atoms with Crippen LogP contribution < -0.4 is 20.9 Å². The lowest BCUT2D eigenvalue weighted by Crippen LogP contribution is -2.46. The van der Waals surface area contributed by atoms with E-state index in [-0.39, 0.29) is 6.54 Å². The lowest BCUT2D eigenvalue weighted by molar-refractivity contribution is 0.0934. The van der Waals surface area contributed by atoms with Gasteiger partial charge in [0.25, 0.3) is 5.91 Å². The molecule has 3 N–H and O–H groups in total. The molecule has 2 heterocycles. The Morgan fingerprint density at radius 1 is 1.32 bits per heavy atom. The predicted molar refractivity (Wildman–Crippen MR) is 77.1 cm³/mol. The van der Waals surface area contributed by atoms with Crippen LogP contribution in [0.3, 0.4) is 0 Å². The van der Waals surface area contributed by atoms with Crippen LogP contribution in [0.4, 0.5) is 4.79 Å². The molecule has 0 aliphatic rings. The van der Waals surface area contributed by atoms with Crippen LogP contribution in [0.15, 0.2) is 35.1 Å². The van der Waals surface area contributed by atoms with Crippen molar-refractivity contribution in [1.29, 1.82) is 0 Å². The first kappa shape index (κ1) is 15.4. The summed E-state index contributed by atoms with van der Waals surface area (Å²) in [5, 5.41) is 2.58. The number of nitrogens with zero attached hydrogens (tertiary/aromatic N) is 1. The Morgan fingerprint density at radius 3 is 2.82 bits per heavy atom. The molecular formula is C14H16N4O4. The van der Waals surface area contributed by atoms with Crippen LogP contribution in [0, 0.1) is 6.92 Å². The van der Waals surface area contributed by atoms with E-state index >= 15 is 0 Å². The highest BCUT2D eigenvalue weighted by Gasteiger charge is 2.12. The van der Waals surface area contributed by atoms with E-state index in [1.54, 1.807) is 25.3 Å². The minimum Gasteiger partial charge on any atom is -0.481 e. The molecule has 0 aromatic carbocycles. The van der Waals surface area contributed by atoms with Crippen molar-refractivity contribution in [2.75, 3.05) is 7.11 Å². The van der Waals surface area contributed by atoms with E-state index in [1.165, 1.54) is 19.4 Å². The Balaban J connectivity index is 1.81. The number of furan rings is 1. The SMILES string of the molecule is COc1ncccc1CNC(=O)NNC(=O)c1ccoc1C. The van der Waals surface area contributed by atoms with Crippen molar-refractivity contribution in [3.8, 4) is 5.88 Å². The zero-order chi connectivity index (χ0) is 15.9. The number of aryl methyl sites for hydroxylation is 1. The lowest BCUT2D eigenvalue weighted by atomic mass is 10.2. The van der Waals surface area contributed by atoms with Crippen molar-refractivity contribution in [2.24, 2.45) is 0 Å². The maximum Gasteiger partial charge on any atom is 0.333 e. The number of hydrazine groups is 1. The number of rotatable bonds is 4. The fraction of sp³-hybridized carbons (Fsp3) is 0.214. The van der Waals surface area contributed by atoms with Crippen LogP contribution >= 0.6 is 0 Å². The Labute approximate surface area is 126 Å². The first-order valence-corrected chi connectivity index (χ1v) is 6.48. The molecule has 2 aromatic heterocycles. The Kier molecular flexibility index (Phi) is 4.97. The molecule has 116 valence electrons. The molecule has 8 heteroatoms. The van der Waals surface area contributed by atoms with E-state index in [2.05, 4.69) is 21.2 Å². The largest absolute Gasteiger partial charge is 0.481 e. The molecule has 3 amide bonds. The van der Waals surface area contributed by atoms with E-state index in [4.69, 9.17) is 9.15 Å². The van der Waals surface area contributed by atoms with Gasteiger partial charge in [0.15, 0.2) is 0 Å². The molecule has 0 fully saturated rings. The molecule has 0 unspecified atom stereocenters. The third-order valence-electron chi connectivity index (χ3n) is 2.88. The highest BCUT2D eigenvalue weighted by atomic mass is 16.5. The van der Waals surface area contributed by atoms with Gasteiger partial charge in [-0.25, -0.2) is 15.2 Å². The Morgan fingerprint density at radius 2 is 2.14 bits per heavy atom. The number of pyridine rings is 1. The third kappa shape index (κ3) is 3.75. The number of methoxy groups -OCH3 is 1. The van der Waals surface area contributed by atoms with Crippen molar-refractivity contribution < 1.29 is 18.7 Å². The molecule has 0 aliphatic heterocycles. The van der Waals surface area contributed by atoms with E-state index < -0.39 is 11.9 Å². The smallest absolute Gasteiger partial charge is 0.333 e. The van der Waals surface area contributed by atoms with Gasteiger partial charge in [0.1, 0.15) is 5.76 Å². The lowest BCUT2D eigenvalue weighted by Gasteiger charge is -2.10. The number of urea groups is 1. The molecule has 0 saturated carbocycles. The van der Waals surface area contributed by atoms with Gasteiger partial charge in [-0.1, -0.05) is 6.07 Å². The van der Waals surface area contributed by atoms with Crippen LogP contribution in [0.1, 0.15) is 21.7 Å². The molecule has 0 aliphatic carbocycles. The molecule has 0 saturated heterocycles. The summed E-state index contributed by atoms with van der Waals surface area (Å²) in [5.41, 5.74) is 5.61. The van der Waals surface area contributed by atoms with Gasteiger partial charge < -0.3 is 14.5 Å². The fourth-order valence-corrected chi connectivity index (χ4v) is 1.76. The van der Waals surface area contributed by atoms with Crippen LogP contribution in [-0.2, 0) is 6.54 Å². The van der Waals surface area contributed by atoms with Gasteiger partial charge in [0.05, 0.1) is 18.9 Å². The number of carbonyl (C=O) groups excluding carboxylic acids is 2. The maximum atomic E-state index is 11.8. The van der Waals surface area contributed by atoms with Crippen LogP contribution in [0.25, 0.3) is 0 Å². The molecule has 2 rings (SSSR count). The van der Waals surface area contributed by atoms with Crippen molar-refractivity contribution in [3.63, 3.8) is 0 Å². The van der Waals surface area contributed by atoms with Crippen LogP contribution in [0.2, 0.25) is 0 Å². The summed E-state index contributed by atoms with van der Waals surface area (Å²) in [7, 11) is 1.50. The molecule has 0 radical (unpaired) electrons. The van der Waals surface area contributed by atoms with Crippen molar-refractivity contribution in [3.05, 3.63) is 47.5 Å². The Bertz CT molecular complexity index is 668. The number of ether oxygens (including phenoxy) is 1. The number of carbonyl (C=O) groups is 2. The summed E-state index contributed by atoms with van der Waals surface area (Å²) in [5.74, 6) is 0.445. The van der Waals surface area contributed by atoms with E-state index in [0.29, 0.717) is 17.2 Å². The van der Waals surface area contributed by atoms with Crippen molar-refractivity contribution >= 4 is 11.9 Å². The summed E-state index contributed by atoms with van der Waals surface area (Å²) >= 11 is 0. The second-order valence-electron chi connectivity index (χ2n) is 4.32. The molecule has 0 bridgehead atoms. The average molecular weight is 304 g/mol. The van der Waals surface area contributed by atoms with E-state index in [0.717, 1.165) is 5.56 Å². The zero-order valence-electron chi connectivity index (χ0n) is 12.2. The molecule has 0 spiro atoms. The van der Waals surface area contributed by atoms with Gasteiger partial charge in [-0.2, -0.15) is 0 Å². The average Bonchev–Trinajstić information content (AvgIpc) is 2.97. The fourth-order valence-electron chi connectivity index (χ4n) is 1.76. The van der Waals surface area contributed by atoms with Crippen LogP contribution in [-0.4, -0.2) is 24.0 Å². The normalized spacial score (nSPS) is 9.91. The van der Waals surface area contributed by atoms with Gasteiger partial charge in [-0.05, 0) is 19.1 Å². The van der Waals surface area contributed by atoms with Gasteiger partial charge >= 0.3 is 6.03 Å². The first-order chi connectivity index (χ1) is 10.6. The molecular weight excluding hydrogens is 288 g/mol. The summed E-state index contributed by atoms with van der Waals surface area (Å²) in [6.45, 7) is 1.87. The number of nitrogens with one attached hydrogen (secondary N) is 3.